The fourth-order valence-corrected chi connectivity index (χ4v) is 4.28. The Morgan fingerprint density at radius 3 is 2.55 bits per heavy atom. The van der Waals surface area contributed by atoms with Gasteiger partial charge in [0.1, 0.15) is 6.04 Å². The van der Waals surface area contributed by atoms with Crippen LogP contribution in [0.3, 0.4) is 0 Å². The van der Waals surface area contributed by atoms with Gasteiger partial charge in [0.15, 0.2) is 0 Å². The van der Waals surface area contributed by atoms with Crippen LogP contribution in [0.4, 0.5) is 0 Å². The summed E-state index contributed by atoms with van der Waals surface area (Å²) in [6.07, 6.45) is 5.49. The molecule has 0 spiro atoms. The van der Waals surface area contributed by atoms with Gasteiger partial charge in [-0.1, -0.05) is 36.8 Å². The molecule has 20 heavy (non-hydrogen) atoms. The molecule has 2 fully saturated rings. The van der Waals surface area contributed by atoms with E-state index in [1.165, 1.54) is 25.7 Å². The fourth-order valence-electron chi connectivity index (χ4n) is 4.28. The van der Waals surface area contributed by atoms with Crippen LogP contribution in [0.2, 0.25) is 0 Å². The van der Waals surface area contributed by atoms with E-state index in [1.54, 1.807) is 0 Å². The van der Waals surface area contributed by atoms with Gasteiger partial charge in [0.05, 0.1) is 0 Å². The van der Waals surface area contributed by atoms with Gasteiger partial charge in [-0.05, 0) is 49.5 Å². The number of hydrogen-bond acceptors (Lipinski definition) is 2. The van der Waals surface area contributed by atoms with Crippen molar-refractivity contribution in [1.82, 2.24) is 5.32 Å². The van der Waals surface area contributed by atoms with Crippen LogP contribution in [-0.4, -0.2) is 11.9 Å². The van der Waals surface area contributed by atoms with E-state index in [2.05, 4.69) is 12.2 Å². The molecule has 2 bridgehead atoms. The summed E-state index contributed by atoms with van der Waals surface area (Å²) >= 11 is 0. The highest BCUT2D eigenvalue weighted by molar-refractivity contribution is 5.81. The molecular weight excluding hydrogens is 248 g/mol. The molecule has 3 nitrogen and oxygen atoms in total. The maximum Gasteiger partial charge on any atom is 0.239 e. The van der Waals surface area contributed by atoms with Gasteiger partial charge in [-0.3, -0.25) is 10.1 Å². The minimum atomic E-state index is -0.370. The Kier molecular flexibility index (Phi) is 3.79. The molecule has 3 heteroatoms. The Bertz CT molecular complexity index is 473. The molecule has 108 valence electrons. The molecule has 1 aromatic rings. The second-order valence-electron chi connectivity index (χ2n) is 6.54. The molecule has 5 atom stereocenters. The van der Waals surface area contributed by atoms with Crippen LogP contribution in [-0.2, 0) is 4.79 Å². The van der Waals surface area contributed by atoms with Gasteiger partial charge in [0.2, 0.25) is 5.91 Å². The summed E-state index contributed by atoms with van der Waals surface area (Å²) < 4.78 is 0. The number of primary amides is 1. The normalized spacial score (nSPS) is 31.1. The van der Waals surface area contributed by atoms with Crippen LogP contribution in [0.1, 0.15) is 44.2 Å². The monoisotopic (exact) mass is 272 g/mol. The van der Waals surface area contributed by atoms with Crippen molar-refractivity contribution in [3.63, 3.8) is 0 Å². The highest BCUT2D eigenvalue weighted by atomic mass is 16.1. The SMILES string of the molecule is CC(NC(C(N)=O)c1ccccc1)C1CC2CCC1C2. The molecule has 0 heterocycles. The average molecular weight is 272 g/mol. The number of carbonyl (C=O) groups is 1. The molecule has 0 aliphatic heterocycles. The van der Waals surface area contributed by atoms with Crippen molar-refractivity contribution < 1.29 is 4.79 Å². The molecular formula is C17H24N2O. The predicted molar refractivity (Wildman–Crippen MR) is 79.9 cm³/mol. The van der Waals surface area contributed by atoms with Crippen molar-refractivity contribution >= 4 is 5.91 Å². The molecule has 1 amide bonds. The van der Waals surface area contributed by atoms with Gasteiger partial charge in [0.25, 0.3) is 0 Å². The van der Waals surface area contributed by atoms with Gasteiger partial charge in [0, 0.05) is 6.04 Å². The van der Waals surface area contributed by atoms with Crippen molar-refractivity contribution in [3.05, 3.63) is 35.9 Å². The number of benzene rings is 1. The average Bonchev–Trinajstić information content (AvgIpc) is 3.07. The molecule has 2 saturated carbocycles. The standard InChI is InChI=1S/C17H24N2O/c1-11(15-10-12-7-8-14(15)9-12)19-16(17(18)20)13-5-3-2-4-6-13/h2-6,11-12,14-16,19H,7-10H2,1H3,(H2,18,20). The van der Waals surface area contributed by atoms with Gasteiger partial charge < -0.3 is 5.73 Å². The summed E-state index contributed by atoms with van der Waals surface area (Å²) in [5, 5.41) is 3.48. The lowest BCUT2D eigenvalue weighted by molar-refractivity contribution is -0.120. The van der Waals surface area contributed by atoms with Crippen molar-refractivity contribution in [2.75, 3.05) is 0 Å². The lowest BCUT2D eigenvalue weighted by Crippen LogP contribution is -2.43. The van der Waals surface area contributed by atoms with Crippen LogP contribution in [0.15, 0.2) is 30.3 Å². The lowest BCUT2D eigenvalue weighted by Gasteiger charge is -2.31. The number of nitrogens with two attached hydrogens (primary N) is 1. The van der Waals surface area contributed by atoms with Gasteiger partial charge in [-0.25, -0.2) is 0 Å². The van der Waals surface area contributed by atoms with Gasteiger partial charge in [-0.2, -0.15) is 0 Å². The Hall–Kier alpha value is -1.35. The van der Waals surface area contributed by atoms with Crippen molar-refractivity contribution in [1.29, 1.82) is 0 Å². The van der Waals surface area contributed by atoms with Crippen LogP contribution >= 0.6 is 0 Å². The summed E-state index contributed by atoms with van der Waals surface area (Å²) in [5.41, 5.74) is 6.56. The first-order chi connectivity index (χ1) is 9.65. The van der Waals surface area contributed by atoms with Crippen molar-refractivity contribution in [2.45, 2.75) is 44.7 Å². The van der Waals surface area contributed by atoms with E-state index in [0.29, 0.717) is 12.0 Å². The number of nitrogens with one attached hydrogen (secondary N) is 1. The maximum absolute atomic E-state index is 11.8. The Labute approximate surface area is 120 Å². The number of rotatable bonds is 5. The zero-order valence-corrected chi connectivity index (χ0v) is 12.1. The third kappa shape index (κ3) is 2.59. The zero-order valence-electron chi connectivity index (χ0n) is 12.1. The first kappa shape index (κ1) is 13.6. The topological polar surface area (TPSA) is 55.1 Å². The molecule has 2 aliphatic carbocycles. The third-order valence-electron chi connectivity index (χ3n) is 5.28. The van der Waals surface area contributed by atoms with E-state index >= 15 is 0 Å². The van der Waals surface area contributed by atoms with Crippen LogP contribution in [0.5, 0.6) is 0 Å². The molecule has 1 aromatic carbocycles. The van der Waals surface area contributed by atoms with Crippen molar-refractivity contribution in [2.24, 2.45) is 23.5 Å². The second kappa shape index (κ2) is 5.57. The summed E-state index contributed by atoms with van der Waals surface area (Å²) in [5.74, 6) is 2.20. The third-order valence-corrected chi connectivity index (χ3v) is 5.28. The van der Waals surface area contributed by atoms with Crippen LogP contribution in [0, 0.1) is 17.8 Å². The quantitative estimate of drug-likeness (QED) is 0.865. The highest BCUT2D eigenvalue weighted by Gasteiger charge is 2.42. The first-order valence-corrected chi connectivity index (χ1v) is 7.75. The highest BCUT2D eigenvalue weighted by Crippen LogP contribution is 2.49. The first-order valence-electron chi connectivity index (χ1n) is 7.75. The number of amides is 1. The number of fused-ring (bicyclic) bond motifs is 2. The maximum atomic E-state index is 11.8. The van der Waals surface area contributed by atoms with Gasteiger partial charge >= 0.3 is 0 Å². The van der Waals surface area contributed by atoms with E-state index in [9.17, 15) is 4.79 Å². The van der Waals surface area contributed by atoms with E-state index in [4.69, 9.17) is 5.73 Å². The summed E-state index contributed by atoms with van der Waals surface area (Å²) in [7, 11) is 0. The fraction of sp³-hybridized carbons (Fsp3) is 0.588. The Morgan fingerprint density at radius 2 is 2.00 bits per heavy atom. The Morgan fingerprint density at radius 1 is 1.25 bits per heavy atom. The summed E-state index contributed by atoms with van der Waals surface area (Å²) in [6.45, 7) is 2.21. The van der Waals surface area contributed by atoms with E-state index in [0.717, 1.165) is 17.4 Å². The van der Waals surface area contributed by atoms with E-state index in [-0.39, 0.29) is 11.9 Å². The predicted octanol–water partition coefficient (Wildman–Crippen LogP) is 2.63. The smallest absolute Gasteiger partial charge is 0.239 e. The molecule has 5 unspecified atom stereocenters. The molecule has 3 N–H and O–H groups in total. The van der Waals surface area contributed by atoms with Gasteiger partial charge in [-0.15, -0.1) is 0 Å². The minimum Gasteiger partial charge on any atom is -0.368 e. The largest absolute Gasteiger partial charge is 0.368 e. The number of carbonyl (C=O) groups excluding carboxylic acids is 1. The lowest BCUT2D eigenvalue weighted by atomic mass is 9.83. The Balaban J connectivity index is 1.69. The molecule has 3 rings (SSSR count). The molecule has 0 aromatic heterocycles. The molecule has 0 saturated heterocycles. The van der Waals surface area contributed by atoms with E-state index < -0.39 is 0 Å². The molecule has 0 radical (unpaired) electrons. The molecule has 2 aliphatic rings. The van der Waals surface area contributed by atoms with Crippen LogP contribution < -0.4 is 11.1 Å². The second-order valence-corrected chi connectivity index (χ2v) is 6.54. The summed E-state index contributed by atoms with van der Waals surface area (Å²) in [4.78, 5) is 11.8. The van der Waals surface area contributed by atoms with Crippen molar-refractivity contribution in [3.8, 4) is 0 Å². The van der Waals surface area contributed by atoms with E-state index in [1.807, 2.05) is 30.3 Å². The number of hydrogen-bond donors (Lipinski definition) is 2. The van der Waals surface area contributed by atoms with Crippen LogP contribution in [0.25, 0.3) is 0 Å². The zero-order chi connectivity index (χ0) is 14.1. The summed E-state index contributed by atoms with van der Waals surface area (Å²) in [6, 6.07) is 9.78. The minimum absolute atomic E-state index is 0.286.